The molecule has 0 aliphatic rings. The van der Waals surface area contributed by atoms with Crippen molar-refractivity contribution in [3.05, 3.63) is 28.2 Å². The highest BCUT2D eigenvalue weighted by molar-refractivity contribution is 9.10. The van der Waals surface area contributed by atoms with Crippen LogP contribution in [0.25, 0.3) is 0 Å². The van der Waals surface area contributed by atoms with Gasteiger partial charge in [0.2, 0.25) is 0 Å². The number of phenolic OH excluding ortho intramolecular Hbond substituents is 1. The van der Waals surface area contributed by atoms with Gasteiger partial charge >= 0.3 is 0 Å². The van der Waals surface area contributed by atoms with Gasteiger partial charge in [0.05, 0.1) is 10.6 Å². The molecule has 0 fully saturated rings. The van der Waals surface area contributed by atoms with Gasteiger partial charge in [-0.3, -0.25) is 0 Å². The molecule has 0 aliphatic carbocycles. The smallest absolute Gasteiger partial charge is 0.129 e. The lowest BCUT2D eigenvalue weighted by molar-refractivity contribution is 0.146. The van der Waals surface area contributed by atoms with Crippen LogP contribution in [-0.4, -0.2) is 22.9 Å². The Hall–Kier alpha value is -0.580. The Labute approximate surface area is 111 Å². The number of benzene rings is 1. The molecule has 0 heterocycles. The van der Waals surface area contributed by atoms with Gasteiger partial charge in [0.1, 0.15) is 5.75 Å². The van der Waals surface area contributed by atoms with Crippen LogP contribution in [0.3, 0.4) is 0 Å². The molecule has 0 aliphatic heterocycles. The molecule has 0 saturated heterocycles. The highest BCUT2D eigenvalue weighted by atomic mass is 79.9. The van der Waals surface area contributed by atoms with E-state index in [4.69, 9.17) is 0 Å². The Morgan fingerprint density at radius 1 is 1.35 bits per heavy atom. The number of aliphatic hydroxyl groups excluding tert-OH is 1. The van der Waals surface area contributed by atoms with Crippen molar-refractivity contribution in [1.82, 2.24) is 5.32 Å². The molecule has 1 aromatic rings. The van der Waals surface area contributed by atoms with Crippen LogP contribution in [0, 0.1) is 5.92 Å². The SMILES string of the molecule is CC(C)CC(O)CNCc1ccc(O)c(Br)c1. The molecule has 96 valence electrons. The molecule has 0 amide bonds. The molecule has 0 saturated carbocycles. The number of halogens is 1. The number of aliphatic hydroxyl groups is 1. The number of hydrogen-bond acceptors (Lipinski definition) is 3. The zero-order chi connectivity index (χ0) is 12.8. The summed E-state index contributed by atoms with van der Waals surface area (Å²) < 4.78 is 0.694. The molecular formula is C13H20BrNO2. The normalized spacial score (nSPS) is 13.0. The summed E-state index contributed by atoms with van der Waals surface area (Å²) >= 11 is 3.27. The molecule has 3 N–H and O–H groups in total. The number of rotatable bonds is 6. The summed E-state index contributed by atoms with van der Waals surface area (Å²) in [5.41, 5.74) is 1.08. The highest BCUT2D eigenvalue weighted by Gasteiger charge is 2.06. The maximum atomic E-state index is 9.68. The van der Waals surface area contributed by atoms with E-state index in [9.17, 15) is 10.2 Å². The number of phenols is 1. The van der Waals surface area contributed by atoms with Crippen molar-refractivity contribution >= 4 is 15.9 Å². The van der Waals surface area contributed by atoms with Crippen molar-refractivity contribution in [2.45, 2.75) is 32.9 Å². The average molecular weight is 302 g/mol. The standard InChI is InChI=1S/C13H20BrNO2/c1-9(2)5-11(16)8-15-7-10-3-4-13(17)12(14)6-10/h3-4,6,9,11,15-17H,5,7-8H2,1-2H3. The molecule has 1 atom stereocenters. The molecular weight excluding hydrogens is 282 g/mol. The Balaban J connectivity index is 2.33. The topological polar surface area (TPSA) is 52.5 Å². The third-order valence-electron chi connectivity index (χ3n) is 2.46. The Kier molecular flexibility index (Phi) is 5.95. The van der Waals surface area contributed by atoms with Gasteiger partial charge in [-0.15, -0.1) is 0 Å². The minimum Gasteiger partial charge on any atom is -0.507 e. The van der Waals surface area contributed by atoms with E-state index in [1.807, 2.05) is 12.1 Å². The summed E-state index contributed by atoms with van der Waals surface area (Å²) in [6.45, 7) is 5.48. The predicted octanol–water partition coefficient (Wildman–Crippen LogP) is 2.65. The number of aromatic hydroxyl groups is 1. The van der Waals surface area contributed by atoms with Gasteiger partial charge in [-0.1, -0.05) is 19.9 Å². The van der Waals surface area contributed by atoms with Crippen LogP contribution in [0.5, 0.6) is 5.75 Å². The molecule has 0 radical (unpaired) electrons. The van der Waals surface area contributed by atoms with Crippen LogP contribution >= 0.6 is 15.9 Å². The van der Waals surface area contributed by atoms with Crippen LogP contribution in [0.15, 0.2) is 22.7 Å². The minimum atomic E-state index is -0.296. The van der Waals surface area contributed by atoms with E-state index in [0.717, 1.165) is 12.0 Å². The van der Waals surface area contributed by atoms with E-state index in [-0.39, 0.29) is 11.9 Å². The first kappa shape index (κ1) is 14.5. The molecule has 0 bridgehead atoms. The Morgan fingerprint density at radius 2 is 2.06 bits per heavy atom. The fraction of sp³-hybridized carbons (Fsp3) is 0.538. The van der Waals surface area contributed by atoms with E-state index in [1.165, 1.54) is 0 Å². The first-order valence-corrected chi connectivity index (χ1v) is 6.64. The second-order valence-corrected chi connectivity index (χ2v) is 5.55. The van der Waals surface area contributed by atoms with Gasteiger partial charge in [0, 0.05) is 13.1 Å². The fourth-order valence-corrected chi connectivity index (χ4v) is 2.10. The summed E-state index contributed by atoms with van der Waals surface area (Å²) in [6.07, 6.45) is 0.516. The van der Waals surface area contributed by atoms with Gasteiger partial charge in [-0.25, -0.2) is 0 Å². The van der Waals surface area contributed by atoms with Crippen molar-refractivity contribution < 1.29 is 10.2 Å². The summed E-state index contributed by atoms with van der Waals surface area (Å²) in [5, 5.41) is 22.2. The monoisotopic (exact) mass is 301 g/mol. The van der Waals surface area contributed by atoms with Gasteiger partial charge in [0.25, 0.3) is 0 Å². The van der Waals surface area contributed by atoms with E-state index in [1.54, 1.807) is 6.07 Å². The first-order chi connectivity index (χ1) is 7.99. The largest absolute Gasteiger partial charge is 0.507 e. The van der Waals surface area contributed by atoms with E-state index < -0.39 is 0 Å². The lowest BCUT2D eigenvalue weighted by Gasteiger charge is -2.14. The third-order valence-corrected chi connectivity index (χ3v) is 3.10. The van der Waals surface area contributed by atoms with E-state index in [2.05, 4.69) is 35.1 Å². The molecule has 17 heavy (non-hydrogen) atoms. The van der Waals surface area contributed by atoms with E-state index >= 15 is 0 Å². The summed E-state index contributed by atoms with van der Waals surface area (Å²) in [6, 6.07) is 5.39. The molecule has 1 unspecified atom stereocenters. The first-order valence-electron chi connectivity index (χ1n) is 5.85. The van der Waals surface area contributed by atoms with Crippen molar-refractivity contribution in [3.63, 3.8) is 0 Å². The minimum absolute atomic E-state index is 0.244. The zero-order valence-corrected chi connectivity index (χ0v) is 11.9. The van der Waals surface area contributed by atoms with Crippen LogP contribution in [0.1, 0.15) is 25.8 Å². The maximum absolute atomic E-state index is 9.68. The highest BCUT2D eigenvalue weighted by Crippen LogP contribution is 2.24. The molecule has 3 nitrogen and oxygen atoms in total. The molecule has 1 aromatic carbocycles. The summed E-state index contributed by atoms with van der Waals surface area (Å²) in [4.78, 5) is 0. The van der Waals surface area contributed by atoms with E-state index in [0.29, 0.717) is 23.5 Å². The summed E-state index contributed by atoms with van der Waals surface area (Å²) in [5.74, 6) is 0.753. The second kappa shape index (κ2) is 6.99. The van der Waals surface area contributed by atoms with Gasteiger partial charge < -0.3 is 15.5 Å². The van der Waals surface area contributed by atoms with Crippen LogP contribution in [-0.2, 0) is 6.54 Å². The van der Waals surface area contributed by atoms with Crippen molar-refractivity contribution in [2.75, 3.05) is 6.54 Å². The number of hydrogen-bond donors (Lipinski definition) is 3. The maximum Gasteiger partial charge on any atom is 0.129 e. The van der Waals surface area contributed by atoms with Gasteiger partial charge in [0.15, 0.2) is 0 Å². The third kappa shape index (κ3) is 5.52. The molecule has 1 rings (SSSR count). The Bertz CT molecular complexity index is 355. The quantitative estimate of drug-likeness (QED) is 0.757. The lowest BCUT2D eigenvalue weighted by atomic mass is 10.1. The van der Waals surface area contributed by atoms with Crippen molar-refractivity contribution in [1.29, 1.82) is 0 Å². The fourth-order valence-electron chi connectivity index (χ4n) is 1.67. The Morgan fingerprint density at radius 3 is 2.65 bits per heavy atom. The predicted molar refractivity (Wildman–Crippen MR) is 73.0 cm³/mol. The molecule has 0 aromatic heterocycles. The van der Waals surface area contributed by atoms with Gasteiger partial charge in [-0.2, -0.15) is 0 Å². The zero-order valence-electron chi connectivity index (χ0n) is 10.3. The van der Waals surface area contributed by atoms with Crippen molar-refractivity contribution in [2.24, 2.45) is 5.92 Å². The van der Waals surface area contributed by atoms with Crippen molar-refractivity contribution in [3.8, 4) is 5.75 Å². The average Bonchev–Trinajstić information content (AvgIpc) is 2.22. The van der Waals surface area contributed by atoms with Crippen LogP contribution in [0.2, 0.25) is 0 Å². The molecule has 4 heteroatoms. The van der Waals surface area contributed by atoms with Crippen LogP contribution < -0.4 is 5.32 Å². The lowest BCUT2D eigenvalue weighted by Crippen LogP contribution is -2.27. The number of nitrogens with one attached hydrogen (secondary N) is 1. The van der Waals surface area contributed by atoms with Gasteiger partial charge in [-0.05, 0) is 46.0 Å². The molecule has 0 spiro atoms. The van der Waals surface area contributed by atoms with Crippen LogP contribution in [0.4, 0.5) is 0 Å². The summed E-state index contributed by atoms with van der Waals surface area (Å²) in [7, 11) is 0. The second-order valence-electron chi connectivity index (χ2n) is 4.70.